The normalized spacial score (nSPS) is 17.7. The summed E-state index contributed by atoms with van der Waals surface area (Å²) in [5.74, 6) is 1.94. The average Bonchev–Trinajstić information content (AvgIpc) is 3.03. The fourth-order valence-electron chi connectivity index (χ4n) is 2.15. The molecule has 16 heavy (non-hydrogen) atoms. The van der Waals surface area contributed by atoms with E-state index in [4.69, 9.17) is 4.52 Å². The first-order valence-corrected chi connectivity index (χ1v) is 6.35. The van der Waals surface area contributed by atoms with Crippen LogP contribution in [0.5, 0.6) is 0 Å². The van der Waals surface area contributed by atoms with Gasteiger partial charge in [-0.3, -0.25) is 0 Å². The second kappa shape index (κ2) is 5.00. The standard InChI is InChI=1S/C13H22N2O/c1-4-12(7-11-5-6-11)14-8-13-9(2)15-16-10(13)3/h11-12,14H,4-8H2,1-3H3. The maximum atomic E-state index is 5.16. The number of rotatable bonds is 6. The molecule has 1 fully saturated rings. The van der Waals surface area contributed by atoms with E-state index < -0.39 is 0 Å². The molecule has 1 aromatic rings. The lowest BCUT2D eigenvalue weighted by molar-refractivity contribution is 0.390. The highest BCUT2D eigenvalue weighted by Gasteiger charge is 2.24. The molecular weight excluding hydrogens is 200 g/mol. The van der Waals surface area contributed by atoms with Gasteiger partial charge in [0.1, 0.15) is 5.76 Å². The van der Waals surface area contributed by atoms with Crippen molar-refractivity contribution in [2.24, 2.45) is 5.92 Å². The summed E-state index contributed by atoms with van der Waals surface area (Å²) in [4.78, 5) is 0. The minimum atomic E-state index is 0.654. The van der Waals surface area contributed by atoms with Crippen LogP contribution in [0.25, 0.3) is 0 Å². The molecule has 0 bridgehead atoms. The number of hydrogen-bond acceptors (Lipinski definition) is 3. The first-order chi connectivity index (χ1) is 7.70. The van der Waals surface area contributed by atoms with Crippen molar-refractivity contribution < 1.29 is 4.52 Å². The number of nitrogens with zero attached hydrogens (tertiary/aromatic N) is 1. The zero-order valence-electron chi connectivity index (χ0n) is 10.5. The minimum absolute atomic E-state index is 0.654. The molecule has 1 aliphatic rings. The Kier molecular flexibility index (Phi) is 3.64. The molecule has 0 amide bonds. The maximum Gasteiger partial charge on any atom is 0.138 e. The van der Waals surface area contributed by atoms with Gasteiger partial charge in [0.2, 0.25) is 0 Å². The van der Waals surface area contributed by atoms with Crippen LogP contribution in [0.2, 0.25) is 0 Å². The van der Waals surface area contributed by atoms with Gasteiger partial charge in [-0.1, -0.05) is 24.9 Å². The third kappa shape index (κ3) is 2.85. The van der Waals surface area contributed by atoms with E-state index in [0.29, 0.717) is 6.04 Å². The van der Waals surface area contributed by atoms with Crippen LogP contribution in [0.15, 0.2) is 4.52 Å². The van der Waals surface area contributed by atoms with E-state index in [2.05, 4.69) is 17.4 Å². The molecule has 0 aromatic carbocycles. The Labute approximate surface area is 97.6 Å². The van der Waals surface area contributed by atoms with Crippen molar-refractivity contribution in [1.29, 1.82) is 0 Å². The molecule has 3 nitrogen and oxygen atoms in total. The minimum Gasteiger partial charge on any atom is -0.361 e. The van der Waals surface area contributed by atoms with Gasteiger partial charge in [-0.15, -0.1) is 0 Å². The lowest BCUT2D eigenvalue weighted by atomic mass is 10.1. The van der Waals surface area contributed by atoms with Crippen molar-refractivity contribution >= 4 is 0 Å². The van der Waals surface area contributed by atoms with Crippen LogP contribution in [-0.2, 0) is 6.54 Å². The Bertz CT molecular complexity index is 322. The number of nitrogens with one attached hydrogen (secondary N) is 1. The zero-order chi connectivity index (χ0) is 11.5. The summed E-state index contributed by atoms with van der Waals surface area (Å²) < 4.78 is 5.16. The summed E-state index contributed by atoms with van der Waals surface area (Å²) >= 11 is 0. The van der Waals surface area contributed by atoms with E-state index in [1.807, 2.05) is 13.8 Å². The van der Waals surface area contributed by atoms with E-state index >= 15 is 0 Å². The van der Waals surface area contributed by atoms with E-state index in [-0.39, 0.29) is 0 Å². The van der Waals surface area contributed by atoms with Gasteiger partial charge >= 0.3 is 0 Å². The molecule has 1 heterocycles. The molecule has 1 saturated carbocycles. The average molecular weight is 222 g/mol. The number of hydrogen-bond donors (Lipinski definition) is 1. The first-order valence-electron chi connectivity index (χ1n) is 6.35. The number of aryl methyl sites for hydroxylation is 2. The molecule has 2 rings (SSSR count). The van der Waals surface area contributed by atoms with Gasteiger partial charge in [-0.25, -0.2) is 0 Å². The quantitative estimate of drug-likeness (QED) is 0.804. The molecule has 0 spiro atoms. The Balaban J connectivity index is 1.84. The van der Waals surface area contributed by atoms with Gasteiger partial charge in [0.05, 0.1) is 5.69 Å². The van der Waals surface area contributed by atoms with Crippen LogP contribution in [0, 0.1) is 19.8 Å². The highest BCUT2D eigenvalue weighted by atomic mass is 16.5. The molecule has 0 saturated heterocycles. The highest BCUT2D eigenvalue weighted by Crippen LogP contribution is 2.34. The maximum absolute atomic E-state index is 5.16. The van der Waals surface area contributed by atoms with E-state index in [9.17, 15) is 0 Å². The molecule has 1 unspecified atom stereocenters. The third-order valence-corrected chi connectivity index (χ3v) is 3.56. The van der Waals surface area contributed by atoms with Crippen molar-refractivity contribution in [2.75, 3.05) is 0 Å². The Hall–Kier alpha value is -0.830. The van der Waals surface area contributed by atoms with E-state index in [0.717, 1.165) is 23.9 Å². The Morgan fingerprint density at radius 1 is 1.44 bits per heavy atom. The predicted octanol–water partition coefficient (Wildman–Crippen LogP) is 2.96. The van der Waals surface area contributed by atoms with Gasteiger partial charge in [-0.2, -0.15) is 0 Å². The molecule has 1 aromatic heterocycles. The fourth-order valence-corrected chi connectivity index (χ4v) is 2.15. The van der Waals surface area contributed by atoms with Crippen LogP contribution in [-0.4, -0.2) is 11.2 Å². The SMILES string of the molecule is CCC(CC1CC1)NCc1c(C)noc1C. The molecule has 90 valence electrons. The molecule has 3 heteroatoms. The van der Waals surface area contributed by atoms with Gasteiger partial charge in [-0.05, 0) is 32.6 Å². The van der Waals surface area contributed by atoms with Gasteiger partial charge in [0.15, 0.2) is 0 Å². The van der Waals surface area contributed by atoms with Gasteiger partial charge in [0, 0.05) is 18.2 Å². The summed E-state index contributed by atoms with van der Waals surface area (Å²) in [6.07, 6.45) is 5.41. The third-order valence-electron chi connectivity index (χ3n) is 3.56. The topological polar surface area (TPSA) is 38.1 Å². The largest absolute Gasteiger partial charge is 0.361 e. The van der Waals surface area contributed by atoms with Crippen molar-refractivity contribution in [3.05, 3.63) is 17.0 Å². The van der Waals surface area contributed by atoms with Crippen molar-refractivity contribution in [1.82, 2.24) is 10.5 Å². The summed E-state index contributed by atoms with van der Waals surface area (Å²) in [5, 5.41) is 7.60. The molecule has 1 N–H and O–H groups in total. The molecule has 1 atom stereocenters. The molecule has 1 aliphatic carbocycles. The summed E-state index contributed by atoms with van der Waals surface area (Å²) in [6.45, 7) is 7.15. The summed E-state index contributed by atoms with van der Waals surface area (Å²) in [6, 6.07) is 0.654. The van der Waals surface area contributed by atoms with Gasteiger partial charge < -0.3 is 9.84 Å². The fraction of sp³-hybridized carbons (Fsp3) is 0.769. The Morgan fingerprint density at radius 2 is 2.19 bits per heavy atom. The second-order valence-corrected chi connectivity index (χ2v) is 4.97. The van der Waals surface area contributed by atoms with Crippen LogP contribution in [0.1, 0.15) is 49.6 Å². The molecule has 0 aliphatic heterocycles. The van der Waals surface area contributed by atoms with Crippen molar-refractivity contribution in [3.8, 4) is 0 Å². The van der Waals surface area contributed by atoms with E-state index in [1.165, 1.54) is 31.2 Å². The lowest BCUT2D eigenvalue weighted by Gasteiger charge is -2.16. The highest BCUT2D eigenvalue weighted by molar-refractivity contribution is 5.20. The van der Waals surface area contributed by atoms with Crippen LogP contribution < -0.4 is 5.32 Å². The predicted molar refractivity (Wildman–Crippen MR) is 64.2 cm³/mol. The molecule has 0 radical (unpaired) electrons. The second-order valence-electron chi connectivity index (χ2n) is 4.97. The van der Waals surface area contributed by atoms with Crippen molar-refractivity contribution in [3.63, 3.8) is 0 Å². The molecular formula is C13H22N2O. The van der Waals surface area contributed by atoms with Gasteiger partial charge in [0.25, 0.3) is 0 Å². The van der Waals surface area contributed by atoms with Crippen LogP contribution >= 0.6 is 0 Å². The van der Waals surface area contributed by atoms with Crippen LogP contribution in [0.4, 0.5) is 0 Å². The number of aromatic nitrogens is 1. The Morgan fingerprint density at radius 3 is 2.69 bits per heavy atom. The zero-order valence-corrected chi connectivity index (χ0v) is 10.5. The lowest BCUT2D eigenvalue weighted by Crippen LogP contribution is -2.28. The van der Waals surface area contributed by atoms with E-state index in [1.54, 1.807) is 0 Å². The first kappa shape index (κ1) is 11.6. The van der Waals surface area contributed by atoms with Crippen molar-refractivity contribution in [2.45, 2.75) is 59.0 Å². The summed E-state index contributed by atoms with van der Waals surface area (Å²) in [5.41, 5.74) is 2.25. The van der Waals surface area contributed by atoms with Crippen LogP contribution in [0.3, 0.4) is 0 Å². The summed E-state index contributed by atoms with van der Waals surface area (Å²) in [7, 11) is 0. The monoisotopic (exact) mass is 222 g/mol. The smallest absolute Gasteiger partial charge is 0.138 e.